The smallest absolute Gasteiger partial charge is 0.419 e. The number of para-hydroxylation sites is 1. The molecule has 0 radical (unpaired) electrons. The predicted molar refractivity (Wildman–Crippen MR) is 81.3 cm³/mol. The molecule has 144 valence electrons. The Hall–Kier alpha value is -3.24. The first-order valence-electron chi connectivity index (χ1n) is 7.04. The summed E-state index contributed by atoms with van der Waals surface area (Å²) in [7, 11) is 0. The van der Waals surface area contributed by atoms with Gasteiger partial charge in [-0.1, -0.05) is 6.07 Å². The van der Waals surface area contributed by atoms with Gasteiger partial charge in [-0.25, -0.2) is 5.43 Å². The maximum Gasteiger partial charge on any atom is 0.419 e. The SMILES string of the molecule is O=C(NN=Cc1cccc(C(F)(F)F)c1O)c1ccc(C(F)(F)F)cc1O. The number of hydrazone groups is 1. The molecule has 0 saturated heterocycles. The molecule has 0 fully saturated rings. The summed E-state index contributed by atoms with van der Waals surface area (Å²) in [5.41, 5.74) is -1.54. The van der Waals surface area contributed by atoms with Crippen LogP contribution in [0.5, 0.6) is 11.5 Å². The molecule has 5 nitrogen and oxygen atoms in total. The Labute approximate surface area is 147 Å². The first-order valence-corrected chi connectivity index (χ1v) is 7.04. The highest BCUT2D eigenvalue weighted by molar-refractivity contribution is 5.97. The third-order valence-electron chi connectivity index (χ3n) is 3.31. The maximum absolute atomic E-state index is 12.7. The number of aromatic hydroxyl groups is 2. The highest BCUT2D eigenvalue weighted by Gasteiger charge is 2.34. The van der Waals surface area contributed by atoms with Crippen molar-refractivity contribution in [1.29, 1.82) is 0 Å². The summed E-state index contributed by atoms with van der Waals surface area (Å²) in [6.07, 6.45) is -8.81. The number of phenols is 2. The Balaban J connectivity index is 2.17. The van der Waals surface area contributed by atoms with Gasteiger partial charge in [0.1, 0.15) is 11.5 Å². The minimum atomic E-state index is -4.80. The Morgan fingerprint density at radius 2 is 1.67 bits per heavy atom. The number of amides is 1. The molecule has 3 N–H and O–H groups in total. The van der Waals surface area contributed by atoms with Gasteiger partial charge in [-0.2, -0.15) is 31.4 Å². The second-order valence-corrected chi connectivity index (χ2v) is 5.17. The Morgan fingerprint density at radius 1 is 1.00 bits per heavy atom. The first kappa shape index (κ1) is 20.1. The summed E-state index contributed by atoms with van der Waals surface area (Å²) in [5.74, 6) is -3.18. The molecule has 11 heteroatoms. The molecular formula is C16H10F6N2O3. The molecule has 0 bridgehead atoms. The van der Waals surface area contributed by atoms with Gasteiger partial charge in [0.2, 0.25) is 0 Å². The normalized spacial score (nSPS) is 12.4. The van der Waals surface area contributed by atoms with Gasteiger partial charge in [0.15, 0.2) is 0 Å². The van der Waals surface area contributed by atoms with Crippen molar-refractivity contribution in [3.63, 3.8) is 0 Å². The molecule has 2 aromatic rings. The highest BCUT2D eigenvalue weighted by atomic mass is 19.4. The largest absolute Gasteiger partial charge is 0.507 e. The van der Waals surface area contributed by atoms with E-state index < -0.39 is 46.4 Å². The number of alkyl halides is 6. The minimum absolute atomic E-state index is 0.345. The van der Waals surface area contributed by atoms with Crippen molar-refractivity contribution in [1.82, 2.24) is 5.43 Å². The summed E-state index contributed by atoms with van der Waals surface area (Å²) in [6, 6.07) is 4.37. The van der Waals surface area contributed by atoms with Gasteiger partial charge < -0.3 is 10.2 Å². The molecule has 0 spiro atoms. The van der Waals surface area contributed by atoms with Crippen LogP contribution in [0.1, 0.15) is 27.0 Å². The van der Waals surface area contributed by atoms with Crippen LogP contribution in [0.2, 0.25) is 0 Å². The number of hydrogen-bond acceptors (Lipinski definition) is 4. The van der Waals surface area contributed by atoms with E-state index in [9.17, 15) is 41.4 Å². The lowest BCUT2D eigenvalue weighted by Crippen LogP contribution is -2.18. The van der Waals surface area contributed by atoms with Crippen LogP contribution in [0.25, 0.3) is 0 Å². The quantitative estimate of drug-likeness (QED) is 0.421. The fourth-order valence-corrected chi connectivity index (χ4v) is 2.01. The lowest BCUT2D eigenvalue weighted by molar-refractivity contribution is -0.139. The lowest BCUT2D eigenvalue weighted by Gasteiger charge is -2.10. The van der Waals surface area contributed by atoms with Gasteiger partial charge in [0.25, 0.3) is 5.91 Å². The number of nitrogens with zero attached hydrogens (tertiary/aromatic N) is 1. The van der Waals surface area contributed by atoms with E-state index in [0.717, 1.165) is 12.1 Å². The standard InChI is InChI=1S/C16H10F6N2O3/c17-15(18,19)9-4-5-10(12(25)6-9)14(27)24-23-7-8-2-1-3-11(13(8)26)16(20,21)22/h1-7,25-26H,(H,24,27). The van der Waals surface area contributed by atoms with E-state index in [1.54, 1.807) is 0 Å². The third kappa shape index (κ3) is 4.68. The average molecular weight is 392 g/mol. The molecule has 27 heavy (non-hydrogen) atoms. The number of halogens is 6. The van der Waals surface area contributed by atoms with E-state index in [2.05, 4.69) is 5.10 Å². The Morgan fingerprint density at radius 3 is 2.22 bits per heavy atom. The molecule has 0 aliphatic rings. The molecular weight excluding hydrogens is 382 g/mol. The summed E-state index contributed by atoms with van der Waals surface area (Å²) in [5, 5.41) is 22.4. The van der Waals surface area contributed by atoms with Crippen molar-refractivity contribution in [2.75, 3.05) is 0 Å². The molecule has 0 saturated carbocycles. The van der Waals surface area contributed by atoms with Gasteiger partial charge in [-0.3, -0.25) is 4.79 Å². The van der Waals surface area contributed by atoms with E-state index in [1.807, 2.05) is 5.43 Å². The summed E-state index contributed by atoms with van der Waals surface area (Å²) < 4.78 is 75.6. The van der Waals surface area contributed by atoms with E-state index in [1.165, 1.54) is 0 Å². The van der Waals surface area contributed by atoms with E-state index in [-0.39, 0.29) is 5.56 Å². The van der Waals surface area contributed by atoms with Crippen molar-refractivity contribution < 1.29 is 41.4 Å². The third-order valence-corrected chi connectivity index (χ3v) is 3.31. The number of phenolic OH excluding ortho intramolecular Hbond substituents is 2. The number of nitrogens with one attached hydrogen (secondary N) is 1. The second-order valence-electron chi connectivity index (χ2n) is 5.17. The van der Waals surface area contributed by atoms with Crippen LogP contribution in [0.4, 0.5) is 26.3 Å². The van der Waals surface area contributed by atoms with Gasteiger partial charge in [-0.15, -0.1) is 0 Å². The monoisotopic (exact) mass is 392 g/mol. The minimum Gasteiger partial charge on any atom is -0.507 e. The van der Waals surface area contributed by atoms with Crippen molar-refractivity contribution >= 4 is 12.1 Å². The summed E-state index contributed by atoms with van der Waals surface area (Å²) in [4.78, 5) is 11.8. The van der Waals surface area contributed by atoms with E-state index >= 15 is 0 Å². The molecule has 0 heterocycles. The Kier molecular flexibility index (Phi) is 5.33. The number of benzene rings is 2. The molecule has 1 amide bonds. The summed E-state index contributed by atoms with van der Waals surface area (Å²) >= 11 is 0. The lowest BCUT2D eigenvalue weighted by atomic mass is 10.1. The summed E-state index contributed by atoms with van der Waals surface area (Å²) in [6.45, 7) is 0. The highest BCUT2D eigenvalue weighted by Crippen LogP contribution is 2.37. The van der Waals surface area contributed by atoms with Crippen LogP contribution in [0.15, 0.2) is 41.5 Å². The number of carbonyl (C=O) groups is 1. The van der Waals surface area contributed by atoms with Gasteiger partial charge in [0.05, 0.1) is 22.9 Å². The zero-order valence-corrected chi connectivity index (χ0v) is 13.1. The number of hydrogen-bond donors (Lipinski definition) is 3. The first-order chi connectivity index (χ1) is 12.4. The molecule has 0 atom stereocenters. The van der Waals surface area contributed by atoms with Crippen molar-refractivity contribution in [2.45, 2.75) is 12.4 Å². The van der Waals surface area contributed by atoms with Crippen LogP contribution in [0, 0.1) is 0 Å². The number of carbonyl (C=O) groups excluding carboxylic acids is 1. The predicted octanol–water partition coefficient (Wildman–Crippen LogP) is 3.90. The average Bonchev–Trinajstić information content (AvgIpc) is 2.54. The van der Waals surface area contributed by atoms with Gasteiger partial charge >= 0.3 is 12.4 Å². The van der Waals surface area contributed by atoms with Crippen LogP contribution in [-0.2, 0) is 12.4 Å². The van der Waals surface area contributed by atoms with E-state index in [0.29, 0.717) is 30.5 Å². The van der Waals surface area contributed by atoms with Crippen molar-refractivity contribution in [2.24, 2.45) is 5.10 Å². The van der Waals surface area contributed by atoms with Crippen LogP contribution >= 0.6 is 0 Å². The zero-order valence-electron chi connectivity index (χ0n) is 13.1. The molecule has 0 aliphatic carbocycles. The molecule has 0 aromatic heterocycles. The van der Waals surface area contributed by atoms with Gasteiger partial charge in [-0.05, 0) is 30.3 Å². The van der Waals surface area contributed by atoms with Crippen molar-refractivity contribution in [3.05, 3.63) is 58.7 Å². The zero-order chi connectivity index (χ0) is 20.4. The molecule has 2 rings (SSSR count). The van der Waals surface area contributed by atoms with E-state index in [4.69, 9.17) is 0 Å². The molecule has 0 unspecified atom stereocenters. The van der Waals surface area contributed by atoms with Crippen LogP contribution in [-0.4, -0.2) is 22.3 Å². The second kappa shape index (κ2) is 7.17. The number of rotatable bonds is 3. The maximum atomic E-state index is 12.7. The fraction of sp³-hybridized carbons (Fsp3) is 0.125. The van der Waals surface area contributed by atoms with Gasteiger partial charge in [0, 0.05) is 5.56 Å². The molecule has 2 aromatic carbocycles. The fourth-order valence-electron chi connectivity index (χ4n) is 2.01. The van der Waals surface area contributed by atoms with Crippen LogP contribution < -0.4 is 5.43 Å². The molecule has 0 aliphatic heterocycles. The van der Waals surface area contributed by atoms with Crippen molar-refractivity contribution in [3.8, 4) is 11.5 Å². The topological polar surface area (TPSA) is 81.9 Å². The van der Waals surface area contributed by atoms with Crippen LogP contribution in [0.3, 0.4) is 0 Å². The Bertz CT molecular complexity index is 891.